The summed E-state index contributed by atoms with van der Waals surface area (Å²) in [5, 5.41) is 0. The minimum absolute atomic E-state index is 0.511. The van der Waals surface area contributed by atoms with Gasteiger partial charge in [-0.2, -0.15) is 0 Å². The Balaban J connectivity index is 1.45. The number of hydrogen-bond acceptors (Lipinski definition) is 3. The molecule has 1 fully saturated rings. The first-order valence-electron chi connectivity index (χ1n) is 9.87. The second-order valence-electron chi connectivity index (χ2n) is 7.75. The fourth-order valence-corrected chi connectivity index (χ4v) is 4.04. The van der Waals surface area contributed by atoms with Crippen LogP contribution < -0.4 is 0 Å². The molecule has 4 heteroatoms. The Hall–Kier alpha value is -2.46. The normalized spacial score (nSPS) is 17.9. The van der Waals surface area contributed by atoms with Crippen LogP contribution in [0.5, 0.6) is 0 Å². The second kappa shape index (κ2) is 8.05. The van der Waals surface area contributed by atoms with Crippen molar-refractivity contribution in [2.24, 2.45) is 7.05 Å². The third kappa shape index (κ3) is 4.45. The molecule has 0 spiro atoms. The lowest BCUT2D eigenvalue weighted by Crippen LogP contribution is -2.35. The van der Waals surface area contributed by atoms with Crippen molar-refractivity contribution in [2.75, 3.05) is 13.1 Å². The smallest absolute Gasteiger partial charge is 0.122 e. The van der Waals surface area contributed by atoms with Crippen LogP contribution in [0.1, 0.15) is 47.1 Å². The summed E-state index contributed by atoms with van der Waals surface area (Å²) >= 11 is 0. The number of rotatable bonds is 5. The van der Waals surface area contributed by atoms with Gasteiger partial charge in [-0.05, 0) is 44.0 Å². The summed E-state index contributed by atoms with van der Waals surface area (Å²) in [6.45, 7) is 5.27. The highest BCUT2D eigenvalue weighted by atomic mass is 15.2. The average molecular weight is 361 g/mol. The maximum atomic E-state index is 5.02. The van der Waals surface area contributed by atoms with Gasteiger partial charge in [-0.25, -0.2) is 4.98 Å². The van der Waals surface area contributed by atoms with Crippen molar-refractivity contribution in [1.29, 1.82) is 0 Å². The molecule has 0 amide bonds. The number of benzene rings is 1. The molecule has 1 aromatic carbocycles. The molecule has 1 saturated heterocycles. The van der Waals surface area contributed by atoms with Gasteiger partial charge in [0.25, 0.3) is 0 Å². The van der Waals surface area contributed by atoms with Crippen molar-refractivity contribution in [1.82, 2.24) is 19.4 Å². The van der Waals surface area contributed by atoms with Gasteiger partial charge < -0.3 is 4.57 Å². The summed E-state index contributed by atoms with van der Waals surface area (Å²) < 4.78 is 2.12. The van der Waals surface area contributed by atoms with Gasteiger partial charge in [0.1, 0.15) is 5.82 Å². The Kier molecular flexibility index (Phi) is 5.35. The Morgan fingerprint density at radius 1 is 1.15 bits per heavy atom. The van der Waals surface area contributed by atoms with E-state index in [2.05, 4.69) is 70.9 Å². The first-order valence-corrected chi connectivity index (χ1v) is 9.87. The standard InChI is InChI=1S/C23H28N4/c1-18-6-3-7-19(14-18)15-21-9-4-10-22(25-21)20-8-5-12-27(16-20)17-23-24-11-13-26(23)2/h3-4,6-7,9-11,13-14,20H,5,8,12,15-17H2,1-2H3/t20-/m1/s1. The van der Waals surface area contributed by atoms with Crippen molar-refractivity contribution in [3.05, 3.63) is 83.2 Å². The Labute approximate surface area is 161 Å². The van der Waals surface area contributed by atoms with Crippen LogP contribution in [0.25, 0.3) is 0 Å². The van der Waals surface area contributed by atoms with Crippen LogP contribution in [0.2, 0.25) is 0 Å². The first kappa shape index (κ1) is 17.9. The number of aryl methyl sites for hydroxylation is 2. The highest BCUT2D eigenvalue weighted by Crippen LogP contribution is 2.27. The molecule has 3 heterocycles. The summed E-state index contributed by atoms with van der Waals surface area (Å²) in [5.74, 6) is 1.65. The van der Waals surface area contributed by atoms with Crippen LogP contribution in [0.15, 0.2) is 54.9 Å². The molecule has 0 bridgehead atoms. The average Bonchev–Trinajstić information content (AvgIpc) is 3.07. The number of nitrogens with zero attached hydrogens (tertiary/aromatic N) is 4. The van der Waals surface area contributed by atoms with E-state index in [4.69, 9.17) is 4.98 Å². The van der Waals surface area contributed by atoms with E-state index in [9.17, 15) is 0 Å². The van der Waals surface area contributed by atoms with Gasteiger partial charge in [0.2, 0.25) is 0 Å². The van der Waals surface area contributed by atoms with E-state index in [0.29, 0.717) is 5.92 Å². The molecule has 3 aromatic rings. The lowest BCUT2D eigenvalue weighted by atomic mass is 9.94. The van der Waals surface area contributed by atoms with Crippen LogP contribution in [-0.2, 0) is 20.0 Å². The summed E-state index contributed by atoms with van der Waals surface area (Å²) in [6.07, 6.45) is 7.25. The summed E-state index contributed by atoms with van der Waals surface area (Å²) in [6, 6.07) is 15.2. The Bertz CT molecular complexity index is 899. The first-order chi connectivity index (χ1) is 13.2. The number of likely N-dealkylation sites (tertiary alicyclic amines) is 1. The van der Waals surface area contributed by atoms with Crippen LogP contribution in [-0.4, -0.2) is 32.5 Å². The minimum atomic E-state index is 0.511. The van der Waals surface area contributed by atoms with Gasteiger partial charge in [0.05, 0.1) is 6.54 Å². The fourth-order valence-electron chi connectivity index (χ4n) is 4.04. The van der Waals surface area contributed by atoms with Gasteiger partial charge in [0.15, 0.2) is 0 Å². The summed E-state index contributed by atoms with van der Waals surface area (Å²) in [7, 11) is 2.07. The van der Waals surface area contributed by atoms with E-state index in [-0.39, 0.29) is 0 Å². The molecule has 0 aliphatic carbocycles. The zero-order chi connectivity index (χ0) is 18.6. The van der Waals surface area contributed by atoms with Gasteiger partial charge in [-0.15, -0.1) is 0 Å². The van der Waals surface area contributed by atoms with Crippen molar-refractivity contribution in [2.45, 2.75) is 38.6 Å². The summed E-state index contributed by atoms with van der Waals surface area (Å²) in [5.41, 5.74) is 5.05. The third-order valence-electron chi connectivity index (χ3n) is 5.51. The molecule has 4 nitrogen and oxygen atoms in total. The Morgan fingerprint density at radius 2 is 2.04 bits per heavy atom. The maximum absolute atomic E-state index is 5.02. The molecule has 1 atom stereocenters. The fraction of sp³-hybridized carbons (Fsp3) is 0.391. The lowest BCUT2D eigenvalue weighted by molar-refractivity contribution is 0.192. The van der Waals surface area contributed by atoms with Crippen LogP contribution in [0, 0.1) is 6.92 Å². The second-order valence-corrected chi connectivity index (χ2v) is 7.75. The molecule has 2 aromatic heterocycles. The van der Waals surface area contributed by atoms with Crippen molar-refractivity contribution in [3.8, 4) is 0 Å². The quantitative estimate of drug-likeness (QED) is 0.687. The Morgan fingerprint density at radius 3 is 2.85 bits per heavy atom. The van der Waals surface area contributed by atoms with Gasteiger partial charge in [-0.1, -0.05) is 35.9 Å². The monoisotopic (exact) mass is 360 g/mol. The molecule has 4 rings (SSSR count). The maximum Gasteiger partial charge on any atom is 0.122 e. The van der Waals surface area contributed by atoms with E-state index in [1.807, 2.05) is 12.4 Å². The number of aromatic nitrogens is 3. The van der Waals surface area contributed by atoms with Crippen LogP contribution in [0.3, 0.4) is 0 Å². The molecule has 140 valence electrons. The van der Waals surface area contributed by atoms with Crippen LogP contribution in [0.4, 0.5) is 0 Å². The molecule has 1 aliphatic rings. The van der Waals surface area contributed by atoms with Crippen molar-refractivity contribution >= 4 is 0 Å². The van der Waals surface area contributed by atoms with Crippen molar-refractivity contribution in [3.63, 3.8) is 0 Å². The lowest BCUT2D eigenvalue weighted by Gasteiger charge is -2.32. The number of imidazole rings is 1. The third-order valence-corrected chi connectivity index (χ3v) is 5.51. The predicted molar refractivity (Wildman–Crippen MR) is 109 cm³/mol. The minimum Gasteiger partial charge on any atom is -0.337 e. The highest BCUT2D eigenvalue weighted by molar-refractivity contribution is 5.27. The molecule has 0 unspecified atom stereocenters. The van der Waals surface area contributed by atoms with Gasteiger partial charge in [-0.3, -0.25) is 9.88 Å². The molecule has 0 radical (unpaired) electrons. The van der Waals surface area contributed by atoms with E-state index in [1.54, 1.807) is 0 Å². The van der Waals surface area contributed by atoms with E-state index >= 15 is 0 Å². The number of pyridine rings is 1. The zero-order valence-electron chi connectivity index (χ0n) is 16.3. The van der Waals surface area contributed by atoms with Crippen LogP contribution >= 0.6 is 0 Å². The summed E-state index contributed by atoms with van der Waals surface area (Å²) in [4.78, 5) is 12.0. The molecule has 27 heavy (non-hydrogen) atoms. The SMILES string of the molecule is Cc1cccc(Cc2cccc([C@@H]3CCCN(Cc4nccn4C)C3)n2)c1. The van der Waals surface area contributed by atoms with E-state index in [1.165, 1.54) is 35.4 Å². The van der Waals surface area contributed by atoms with Crippen molar-refractivity contribution < 1.29 is 0 Å². The zero-order valence-corrected chi connectivity index (χ0v) is 16.3. The van der Waals surface area contributed by atoms with Gasteiger partial charge in [0, 0.05) is 49.7 Å². The number of hydrogen-bond donors (Lipinski definition) is 0. The predicted octanol–water partition coefficient (Wildman–Crippen LogP) is 4.09. The largest absolute Gasteiger partial charge is 0.337 e. The van der Waals surface area contributed by atoms with E-state index < -0.39 is 0 Å². The molecule has 1 aliphatic heterocycles. The topological polar surface area (TPSA) is 34.0 Å². The number of piperidine rings is 1. The molecule has 0 saturated carbocycles. The van der Waals surface area contributed by atoms with E-state index in [0.717, 1.165) is 31.9 Å². The molecule has 0 N–H and O–H groups in total. The highest BCUT2D eigenvalue weighted by Gasteiger charge is 2.23. The molecular weight excluding hydrogens is 332 g/mol. The molecular formula is C23H28N4. The van der Waals surface area contributed by atoms with Gasteiger partial charge >= 0.3 is 0 Å².